The van der Waals surface area contributed by atoms with Gasteiger partial charge < -0.3 is 0 Å². The van der Waals surface area contributed by atoms with Crippen molar-refractivity contribution >= 4 is 44.3 Å². The molecule has 2 N–H and O–H groups in total. The van der Waals surface area contributed by atoms with Crippen molar-refractivity contribution in [2.45, 2.75) is 10.1 Å². The average Bonchev–Trinajstić information content (AvgIpc) is 2.27. The average molecular weight is 284 g/mol. The predicted octanol–water partition coefficient (Wildman–Crippen LogP) is 0.950. The molecule has 1 aromatic carbocycles. The molecule has 8 heteroatoms. The molecule has 1 rings (SSSR count). The maximum Gasteiger partial charge on any atom is 0.394 e. The van der Waals surface area contributed by atoms with Gasteiger partial charge in [0, 0.05) is 0 Å². The van der Waals surface area contributed by atoms with E-state index < -0.39 is 10.4 Å². The molecule has 6 nitrogen and oxygen atoms in total. The van der Waals surface area contributed by atoms with E-state index in [1.165, 1.54) is 44.3 Å². The number of rotatable bonds is 3. The second kappa shape index (κ2) is 8.63. The molecule has 0 bridgehead atoms. The largest absolute Gasteiger partial charge is 0.394 e. The van der Waals surface area contributed by atoms with Crippen LogP contribution in [0, 0.1) is 0 Å². The second-order valence-electron chi connectivity index (χ2n) is 3.39. The van der Waals surface area contributed by atoms with Crippen molar-refractivity contribution < 1.29 is 27.1 Å². The van der Waals surface area contributed by atoms with Gasteiger partial charge in [-0.2, -0.15) is 8.42 Å². The Balaban J connectivity index is 0.000000494. The van der Waals surface area contributed by atoms with E-state index in [0.717, 1.165) is 6.42 Å². The minimum Gasteiger partial charge on any atom is -0.264 e. The number of carbonyl (C=O) groups excluding carboxylic acids is 1. The standard InChI is InChI=1S/C10H11O2.Na.H2O4S/c1-3-8-4-6-9(7-5-8)10(11)12-2;;1-5(2,3)4/h4-7H,1,3H2,2H3;;(H2,1,2,3,4). The zero-order valence-electron chi connectivity index (χ0n) is 10.2. The van der Waals surface area contributed by atoms with Crippen LogP contribution >= 0.6 is 0 Å². The molecule has 0 heterocycles. The van der Waals surface area contributed by atoms with Crippen molar-refractivity contribution in [3.8, 4) is 0 Å². The van der Waals surface area contributed by atoms with Gasteiger partial charge in [-0.1, -0.05) is 0 Å². The van der Waals surface area contributed by atoms with Crippen LogP contribution in [0.15, 0.2) is 24.3 Å². The maximum atomic E-state index is 11.1. The van der Waals surface area contributed by atoms with E-state index in [9.17, 15) is 4.79 Å². The van der Waals surface area contributed by atoms with Crippen molar-refractivity contribution in [3.05, 3.63) is 35.4 Å². The van der Waals surface area contributed by atoms with E-state index in [2.05, 4.69) is 4.74 Å². The number of ether oxygens (including phenoxy) is 1. The molecule has 0 fully saturated rings. The molecule has 0 saturated carbocycles. The molecule has 96 valence electrons. The molecule has 0 aliphatic rings. The summed E-state index contributed by atoms with van der Waals surface area (Å²) in [6.45, 7) is 0. The first-order chi connectivity index (χ1) is 8.27. The van der Waals surface area contributed by atoms with Crippen LogP contribution in [0.5, 0.6) is 0 Å². The van der Waals surface area contributed by atoms with E-state index in [1.807, 2.05) is 24.3 Å². The van der Waals surface area contributed by atoms with Gasteiger partial charge in [0.15, 0.2) is 0 Å². The molecule has 0 aliphatic heterocycles. The summed E-state index contributed by atoms with van der Waals surface area (Å²) in [5.41, 5.74) is 1.92. The zero-order chi connectivity index (χ0) is 14.2. The van der Waals surface area contributed by atoms with Crippen LogP contribution in [-0.4, -0.2) is 58.5 Å². The summed E-state index contributed by atoms with van der Waals surface area (Å²) in [6, 6.07) is 7.62. The topological polar surface area (TPSA) is 101 Å². The Kier molecular flexibility index (Phi) is 8.41. The molecule has 1 aromatic rings. The first kappa shape index (κ1) is 17.6. The Bertz CT molecular complexity index is 460. The van der Waals surface area contributed by atoms with Gasteiger partial charge >= 0.3 is 106 Å². The van der Waals surface area contributed by atoms with Crippen LogP contribution in [0.25, 0.3) is 0 Å². The molecule has 0 amide bonds. The van der Waals surface area contributed by atoms with Crippen LogP contribution in [0.3, 0.4) is 0 Å². The summed E-state index contributed by atoms with van der Waals surface area (Å²) in [4.78, 5) is 11.1. The third kappa shape index (κ3) is 9.58. The van der Waals surface area contributed by atoms with Crippen molar-refractivity contribution in [1.82, 2.24) is 0 Å². The Morgan fingerprint density at radius 3 is 2.06 bits per heavy atom. The van der Waals surface area contributed by atoms with Crippen LogP contribution in [0.1, 0.15) is 15.9 Å². The molecule has 18 heavy (non-hydrogen) atoms. The van der Waals surface area contributed by atoms with Gasteiger partial charge in [0.2, 0.25) is 0 Å². The molecular weight excluding hydrogens is 271 g/mol. The Labute approximate surface area is 123 Å². The fourth-order valence-electron chi connectivity index (χ4n) is 1.21. The van der Waals surface area contributed by atoms with E-state index in [4.69, 9.17) is 17.5 Å². The van der Waals surface area contributed by atoms with E-state index in [-0.39, 0.29) is 5.97 Å². The molecule has 0 aromatic heterocycles. The van der Waals surface area contributed by atoms with Gasteiger partial charge in [-0.25, -0.2) is 0 Å². The van der Waals surface area contributed by atoms with E-state index in [0.29, 0.717) is 5.56 Å². The zero-order valence-corrected chi connectivity index (χ0v) is 13.0. The number of carbonyl (C=O) groups is 1. The third-order valence-corrected chi connectivity index (χ3v) is 2.41. The summed E-state index contributed by atoms with van der Waals surface area (Å²) in [7, 11) is -3.27. The van der Waals surface area contributed by atoms with Gasteiger partial charge in [-0.15, -0.1) is 0 Å². The quantitative estimate of drug-likeness (QED) is 0.487. The first-order valence-corrected chi connectivity index (χ1v) is 7.96. The van der Waals surface area contributed by atoms with E-state index in [1.54, 1.807) is 0 Å². The number of methoxy groups -OCH3 is 1. The van der Waals surface area contributed by atoms with Crippen molar-refractivity contribution in [3.63, 3.8) is 0 Å². The number of hydrogen-bond acceptors (Lipinski definition) is 4. The summed E-state index contributed by atoms with van der Waals surface area (Å²) in [5, 5.41) is 0. The Hall–Kier alpha value is -0.440. The monoisotopic (exact) mass is 284 g/mol. The van der Waals surface area contributed by atoms with Gasteiger partial charge in [0.1, 0.15) is 0 Å². The van der Waals surface area contributed by atoms with Gasteiger partial charge in [0.25, 0.3) is 0 Å². The Morgan fingerprint density at radius 1 is 1.28 bits per heavy atom. The molecule has 0 aliphatic carbocycles. The van der Waals surface area contributed by atoms with Crippen LogP contribution in [0.4, 0.5) is 0 Å². The van der Waals surface area contributed by atoms with Crippen molar-refractivity contribution in [2.24, 2.45) is 0 Å². The van der Waals surface area contributed by atoms with Crippen molar-refractivity contribution in [1.29, 1.82) is 0 Å². The molecule has 0 spiro atoms. The van der Waals surface area contributed by atoms with Crippen LogP contribution in [0.2, 0.25) is 3.67 Å². The fraction of sp³-hybridized carbons (Fsp3) is 0.300. The fourth-order valence-corrected chi connectivity index (χ4v) is 1.79. The molecule has 0 radical (unpaired) electrons. The van der Waals surface area contributed by atoms with Crippen LogP contribution in [-0.2, 0) is 21.6 Å². The molecule has 0 atom stereocenters. The number of esters is 1. The molecular formula is C10H13NaO6S. The van der Waals surface area contributed by atoms with Crippen molar-refractivity contribution in [2.75, 3.05) is 7.11 Å². The van der Waals surface area contributed by atoms with Gasteiger partial charge in [-0.3, -0.25) is 9.11 Å². The predicted molar refractivity (Wildman–Crippen MR) is 66.2 cm³/mol. The number of benzene rings is 1. The Morgan fingerprint density at radius 2 is 1.72 bits per heavy atom. The third-order valence-electron chi connectivity index (χ3n) is 1.91. The van der Waals surface area contributed by atoms with E-state index >= 15 is 0 Å². The molecule has 0 saturated heterocycles. The normalized spacial score (nSPS) is 10.3. The van der Waals surface area contributed by atoms with Crippen LogP contribution < -0.4 is 0 Å². The summed E-state index contributed by atoms with van der Waals surface area (Å²) < 4.78 is 37.4. The number of hydrogen-bond donors (Lipinski definition) is 2. The second-order valence-corrected chi connectivity index (χ2v) is 5.28. The minimum absolute atomic E-state index is 0.266. The van der Waals surface area contributed by atoms with Gasteiger partial charge in [-0.05, 0) is 0 Å². The smallest absolute Gasteiger partial charge is 0.264 e. The minimum atomic E-state index is -4.67. The summed E-state index contributed by atoms with van der Waals surface area (Å²) in [5.74, 6) is -0.266. The molecule has 0 unspecified atom stereocenters. The summed E-state index contributed by atoms with van der Waals surface area (Å²) in [6.07, 6.45) is 1.12. The number of aryl methyl sites for hydroxylation is 1. The SMILES string of the molecule is COC(=O)c1ccc(C[CH2][Na])cc1.O=S(=O)(O)O. The maximum absolute atomic E-state index is 11.1. The first-order valence-electron chi connectivity index (χ1n) is 5.15. The van der Waals surface area contributed by atoms with Gasteiger partial charge in [0.05, 0.1) is 0 Å². The summed E-state index contributed by atoms with van der Waals surface area (Å²) >= 11 is 1.23.